The third-order valence-electron chi connectivity index (χ3n) is 3.88. The van der Waals surface area contributed by atoms with E-state index in [1.807, 2.05) is 0 Å². The lowest BCUT2D eigenvalue weighted by molar-refractivity contribution is 0.0918. The van der Waals surface area contributed by atoms with E-state index in [1.165, 1.54) is 18.9 Å². The number of benzene rings is 1. The lowest BCUT2D eigenvalue weighted by atomic mass is 9.84. The lowest BCUT2D eigenvalue weighted by Gasteiger charge is -2.29. The van der Waals surface area contributed by atoms with Gasteiger partial charge in [-0.3, -0.25) is 4.79 Å². The van der Waals surface area contributed by atoms with Crippen molar-refractivity contribution in [2.45, 2.75) is 45.1 Å². The molecule has 1 aliphatic rings. The van der Waals surface area contributed by atoms with Crippen LogP contribution in [0.2, 0.25) is 0 Å². The van der Waals surface area contributed by atoms with Crippen molar-refractivity contribution in [1.29, 1.82) is 0 Å². The van der Waals surface area contributed by atoms with Gasteiger partial charge in [0.25, 0.3) is 5.91 Å². The maximum absolute atomic E-state index is 13.4. The first-order chi connectivity index (χ1) is 9.10. The van der Waals surface area contributed by atoms with Crippen molar-refractivity contribution < 1.29 is 9.18 Å². The van der Waals surface area contributed by atoms with Crippen LogP contribution in [0.5, 0.6) is 0 Å². The Hall–Kier alpha value is -0.900. The van der Waals surface area contributed by atoms with E-state index >= 15 is 0 Å². The summed E-state index contributed by atoms with van der Waals surface area (Å²) in [5.41, 5.74) is 0.388. The normalized spacial score (nSPS) is 23.1. The quantitative estimate of drug-likeness (QED) is 0.881. The van der Waals surface area contributed by atoms with Gasteiger partial charge in [0.05, 0.1) is 4.47 Å². The van der Waals surface area contributed by atoms with Gasteiger partial charge >= 0.3 is 0 Å². The molecule has 0 aromatic heterocycles. The number of amides is 1. The van der Waals surface area contributed by atoms with Gasteiger partial charge in [-0.1, -0.05) is 26.2 Å². The fourth-order valence-corrected chi connectivity index (χ4v) is 2.95. The molecule has 1 aromatic rings. The fourth-order valence-electron chi connectivity index (χ4n) is 2.70. The summed E-state index contributed by atoms with van der Waals surface area (Å²) in [5, 5.41) is 3.03. The molecular weight excluding hydrogens is 309 g/mol. The van der Waals surface area contributed by atoms with Gasteiger partial charge in [0, 0.05) is 11.6 Å². The van der Waals surface area contributed by atoms with Crippen LogP contribution in [0.3, 0.4) is 0 Å². The molecule has 1 amide bonds. The second kappa shape index (κ2) is 6.51. The predicted molar refractivity (Wildman–Crippen MR) is 77.6 cm³/mol. The lowest BCUT2D eigenvalue weighted by Crippen LogP contribution is -2.38. The number of halogens is 2. The summed E-state index contributed by atoms with van der Waals surface area (Å²) in [4.78, 5) is 12.1. The zero-order valence-corrected chi connectivity index (χ0v) is 12.7. The molecular formula is C15H19BrFNO. The molecule has 0 saturated heterocycles. The number of carbonyl (C=O) groups is 1. The second-order valence-electron chi connectivity index (χ2n) is 5.24. The van der Waals surface area contributed by atoms with Crippen LogP contribution in [-0.4, -0.2) is 11.9 Å². The van der Waals surface area contributed by atoms with Crippen LogP contribution in [0, 0.1) is 11.7 Å². The Morgan fingerprint density at radius 1 is 1.47 bits per heavy atom. The standard InChI is InChI=1S/C15H19BrFNO/c1-2-10-4-3-5-12(8-10)18-15(19)11-6-7-13(16)14(17)9-11/h6-7,9-10,12H,2-5,8H2,1H3,(H,18,19). The van der Waals surface area contributed by atoms with Crippen LogP contribution < -0.4 is 5.32 Å². The molecule has 1 aromatic carbocycles. The van der Waals surface area contributed by atoms with E-state index < -0.39 is 5.82 Å². The number of carbonyl (C=O) groups excluding carboxylic acids is 1. The third kappa shape index (κ3) is 3.78. The van der Waals surface area contributed by atoms with Gasteiger partial charge in [-0.15, -0.1) is 0 Å². The monoisotopic (exact) mass is 327 g/mol. The van der Waals surface area contributed by atoms with Crippen LogP contribution >= 0.6 is 15.9 Å². The zero-order chi connectivity index (χ0) is 13.8. The first-order valence-corrected chi connectivity index (χ1v) is 7.65. The summed E-state index contributed by atoms with van der Waals surface area (Å²) < 4.78 is 13.8. The molecule has 0 spiro atoms. The van der Waals surface area contributed by atoms with E-state index in [0.29, 0.717) is 16.0 Å². The highest BCUT2D eigenvalue weighted by atomic mass is 79.9. The zero-order valence-electron chi connectivity index (χ0n) is 11.1. The molecule has 1 N–H and O–H groups in total. The molecule has 1 saturated carbocycles. The van der Waals surface area contributed by atoms with E-state index in [-0.39, 0.29) is 11.9 Å². The summed E-state index contributed by atoms with van der Waals surface area (Å²) in [5.74, 6) is 0.136. The molecule has 1 fully saturated rings. The molecule has 1 aliphatic carbocycles. The number of hydrogen-bond acceptors (Lipinski definition) is 1. The maximum Gasteiger partial charge on any atom is 0.251 e. The summed E-state index contributed by atoms with van der Waals surface area (Å²) in [6, 6.07) is 4.72. The first kappa shape index (κ1) is 14.5. The minimum absolute atomic E-state index is 0.173. The summed E-state index contributed by atoms with van der Waals surface area (Å²) >= 11 is 3.09. The van der Waals surface area contributed by atoms with Crippen molar-refractivity contribution in [1.82, 2.24) is 5.32 Å². The third-order valence-corrected chi connectivity index (χ3v) is 4.52. The van der Waals surface area contributed by atoms with Crippen LogP contribution in [0.15, 0.2) is 22.7 Å². The van der Waals surface area contributed by atoms with Crippen molar-refractivity contribution in [2.75, 3.05) is 0 Å². The van der Waals surface area contributed by atoms with E-state index in [2.05, 4.69) is 28.2 Å². The molecule has 0 bridgehead atoms. The maximum atomic E-state index is 13.4. The fraction of sp³-hybridized carbons (Fsp3) is 0.533. The topological polar surface area (TPSA) is 29.1 Å². The Morgan fingerprint density at radius 3 is 2.95 bits per heavy atom. The number of rotatable bonds is 3. The highest BCUT2D eigenvalue weighted by molar-refractivity contribution is 9.10. The Balaban J connectivity index is 1.98. The van der Waals surface area contributed by atoms with Gasteiger partial charge < -0.3 is 5.32 Å². The number of nitrogens with one attached hydrogen (secondary N) is 1. The number of hydrogen-bond donors (Lipinski definition) is 1. The Kier molecular flexibility index (Phi) is 4.97. The van der Waals surface area contributed by atoms with Gasteiger partial charge in [-0.2, -0.15) is 0 Å². The van der Waals surface area contributed by atoms with Gasteiger partial charge in [0.1, 0.15) is 5.82 Å². The van der Waals surface area contributed by atoms with E-state index in [4.69, 9.17) is 0 Å². The van der Waals surface area contributed by atoms with E-state index in [0.717, 1.165) is 19.3 Å². The minimum atomic E-state index is -0.400. The van der Waals surface area contributed by atoms with Crippen molar-refractivity contribution in [2.24, 2.45) is 5.92 Å². The Labute approximate surface area is 121 Å². The second-order valence-corrected chi connectivity index (χ2v) is 6.09. The highest BCUT2D eigenvalue weighted by Crippen LogP contribution is 2.26. The molecule has 4 heteroatoms. The molecule has 2 rings (SSSR count). The first-order valence-electron chi connectivity index (χ1n) is 6.86. The van der Waals surface area contributed by atoms with Gasteiger partial charge in [0.15, 0.2) is 0 Å². The molecule has 2 nitrogen and oxygen atoms in total. The molecule has 104 valence electrons. The van der Waals surface area contributed by atoms with Gasteiger partial charge in [-0.25, -0.2) is 4.39 Å². The Morgan fingerprint density at radius 2 is 2.26 bits per heavy atom. The van der Waals surface area contributed by atoms with Crippen LogP contribution in [0.25, 0.3) is 0 Å². The van der Waals surface area contributed by atoms with Crippen LogP contribution in [0.4, 0.5) is 4.39 Å². The molecule has 0 heterocycles. The molecule has 19 heavy (non-hydrogen) atoms. The summed E-state index contributed by atoms with van der Waals surface area (Å²) in [6.45, 7) is 2.19. The summed E-state index contributed by atoms with van der Waals surface area (Å²) in [6.07, 6.45) is 5.66. The van der Waals surface area contributed by atoms with Crippen molar-refractivity contribution in [3.8, 4) is 0 Å². The average molecular weight is 328 g/mol. The highest BCUT2D eigenvalue weighted by Gasteiger charge is 2.22. The van der Waals surface area contributed by atoms with E-state index in [9.17, 15) is 9.18 Å². The Bertz CT molecular complexity index is 463. The van der Waals surface area contributed by atoms with Crippen molar-refractivity contribution in [3.63, 3.8) is 0 Å². The van der Waals surface area contributed by atoms with Crippen molar-refractivity contribution in [3.05, 3.63) is 34.1 Å². The molecule has 0 aliphatic heterocycles. The van der Waals surface area contributed by atoms with Crippen LogP contribution in [0.1, 0.15) is 49.4 Å². The molecule has 2 unspecified atom stereocenters. The summed E-state index contributed by atoms with van der Waals surface area (Å²) in [7, 11) is 0. The minimum Gasteiger partial charge on any atom is -0.349 e. The predicted octanol–water partition coefficient (Wildman–Crippen LogP) is 4.29. The van der Waals surface area contributed by atoms with Crippen molar-refractivity contribution >= 4 is 21.8 Å². The smallest absolute Gasteiger partial charge is 0.251 e. The van der Waals surface area contributed by atoms with Crippen LogP contribution in [-0.2, 0) is 0 Å². The molecule has 0 radical (unpaired) electrons. The van der Waals surface area contributed by atoms with Gasteiger partial charge in [0.2, 0.25) is 0 Å². The average Bonchev–Trinajstić information content (AvgIpc) is 2.42. The largest absolute Gasteiger partial charge is 0.349 e. The molecule has 2 atom stereocenters. The van der Waals surface area contributed by atoms with Gasteiger partial charge in [-0.05, 0) is 52.9 Å². The SMILES string of the molecule is CCC1CCCC(NC(=O)c2ccc(Br)c(F)c2)C1. The van der Waals surface area contributed by atoms with E-state index in [1.54, 1.807) is 12.1 Å².